The summed E-state index contributed by atoms with van der Waals surface area (Å²) in [6.45, 7) is 4.11. The Morgan fingerprint density at radius 2 is 1.77 bits per heavy atom. The zero-order chi connectivity index (χ0) is 29.8. The summed E-state index contributed by atoms with van der Waals surface area (Å²) in [6.07, 6.45) is -5.73. The highest BCUT2D eigenvalue weighted by Gasteiger charge is 2.40. The van der Waals surface area contributed by atoms with E-state index in [1.165, 1.54) is 12.1 Å². The molecule has 0 bridgehead atoms. The Morgan fingerprint density at radius 1 is 1.07 bits per heavy atom. The molecule has 1 saturated heterocycles. The van der Waals surface area contributed by atoms with Crippen molar-refractivity contribution in [2.24, 2.45) is 0 Å². The van der Waals surface area contributed by atoms with Crippen LogP contribution in [0.25, 0.3) is 0 Å². The van der Waals surface area contributed by atoms with Gasteiger partial charge in [0.25, 0.3) is 5.91 Å². The lowest BCUT2D eigenvalue weighted by molar-refractivity contribution is -0.140. The van der Waals surface area contributed by atoms with Gasteiger partial charge in [0.15, 0.2) is 12.4 Å². The number of anilines is 1. The number of rotatable bonds is 6. The summed E-state index contributed by atoms with van der Waals surface area (Å²) in [5, 5.41) is 4.67. The molecule has 218 valence electrons. The molecule has 0 radical (unpaired) electrons. The second-order valence-corrected chi connectivity index (χ2v) is 10.4. The van der Waals surface area contributed by atoms with E-state index in [2.05, 4.69) is 10.6 Å². The molecule has 1 heterocycles. The van der Waals surface area contributed by atoms with Gasteiger partial charge >= 0.3 is 12.3 Å². The van der Waals surface area contributed by atoms with Crippen LogP contribution in [0.3, 0.4) is 0 Å². The molecule has 40 heavy (non-hydrogen) atoms. The standard InChI is InChI=1S/C26H27ClF5N3O5/c1-25(2,3)40-24(38)35-12-14(33-21(36)13-39-15-8-9-17(27)18(28)11-15)7-10-20(35)23(37)34-19-6-4-5-16(22(19)29)26(30,31)32/h4-6,8-9,11,14,20H,7,10,12-13H2,1-3H3,(H,33,36)(H,34,37)/t14-,20+/m0/s1. The number of piperidine rings is 1. The highest BCUT2D eigenvalue weighted by Crippen LogP contribution is 2.34. The lowest BCUT2D eigenvalue weighted by atomic mass is 9.97. The first-order valence-electron chi connectivity index (χ1n) is 12.1. The smallest absolute Gasteiger partial charge is 0.419 e. The topological polar surface area (TPSA) is 97.0 Å². The van der Waals surface area contributed by atoms with E-state index in [0.29, 0.717) is 6.07 Å². The van der Waals surface area contributed by atoms with Crippen LogP contribution in [0.15, 0.2) is 36.4 Å². The number of alkyl halides is 3. The third kappa shape index (κ3) is 8.20. The molecule has 1 fully saturated rings. The van der Waals surface area contributed by atoms with Gasteiger partial charge in [0.2, 0.25) is 5.91 Å². The average molecular weight is 592 g/mol. The van der Waals surface area contributed by atoms with E-state index in [1.807, 2.05) is 0 Å². The fourth-order valence-corrected chi connectivity index (χ4v) is 4.05. The van der Waals surface area contributed by atoms with E-state index >= 15 is 0 Å². The summed E-state index contributed by atoms with van der Waals surface area (Å²) in [5.41, 5.74) is -3.21. The molecule has 1 aliphatic heterocycles. The van der Waals surface area contributed by atoms with E-state index in [-0.39, 0.29) is 30.2 Å². The molecule has 3 amide bonds. The SMILES string of the molecule is CC(C)(C)OC(=O)N1C[C@@H](NC(=O)COc2ccc(Cl)c(F)c2)CC[C@@H]1C(=O)Nc1cccc(C(F)(F)F)c1F. The number of carbonyl (C=O) groups is 3. The largest absolute Gasteiger partial charge is 0.484 e. The van der Waals surface area contributed by atoms with Crippen LogP contribution in [0.1, 0.15) is 39.2 Å². The molecule has 0 spiro atoms. The lowest BCUT2D eigenvalue weighted by Gasteiger charge is -2.39. The molecule has 0 aromatic heterocycles. The van der Waals surface area contributed by atoms with Gasteiger partial charge in [-0.2, -0.15) is 13.2 Å². The molecule has 2 N–H and O–H groups in total. The van der Waals surface area contributed by atoms with Crippen LogP contribution in [0.4, 0.5) is 32.4 Å². The molecular formula is C26H27ClF5N3O5. The van der Waals surface area contributed by atoms with Gasteiger partial charge < -0.3 is 20.1 Å². The molecule has 0 saturated carbocycles. The first-order chi connectivity index (χ1) is 18.5. The second-order valence-electron chi connectivity index (χ2n) is 10.0. The number of ether oxygens (including phenoxy) is 2. The number of halogens is 6. The maximum Gasteiger partial charge on any atom is 0.419 e. The van der Waals surface area contributed by atoms with Crippen molar-refractivity contribution in [2.45, 2.75) is 57.5 Å². The van der Waals surface area contributed by atoms with Crippen LogP contribution >= 0.6 is 11.6 Å². The number of likely N-dealkylation sites (tertiary alicyclic amines) is 1. The van der Waals surface area contributed by atoms with E-state index in [4.69, 9.17) is 21.1 Å². The molecule has 14 heteroatoms. The number of carbonyl (C=O) groups excluding carboxylic acids is 3. The first-order valence-corrected chi connectivity index (χ1v) is 12.5. The van der Waals surface area contributed by atoms with Crippen LogP contribution in [0, 0.1) is 11.6 Å². The lowest BCUT2D eigenvalue weighted by Crippen LogP contribution is -2.58. The fraction of sp³-hybridized carbons (Fsp3) is 0.423. The average Bonchev–Trinajstić information content (AvgIpc) is 2.84. The number of amides is 3. The molecule has 1 aliphatic rings. The normalized spacial score (nSPS) is 17.7. The predicted octanol–water partition coefficient (Wildman–Crippen LogP) is 5.54. The van der Waals surface area contributed by atoms with Crippen LogP contribution in [-0.4, -0.2) is 53.6 Å². The van der Waals surface area contributed by atoms with Crippen molar-refractivity contribution in [1.82, 2.24) is 10.2 Å². The summed E-state index contributed by atoms with van der Waals surface area (Å²) in [7, 11) is 0. The molecule has 0 unspecified atom stereocenters. The minimum absolute atomic E-state index is 0.0279. The summed E-state index contributed by atoms with van der Waals surface area (Å²) in [6, 6.07) is 4.22. The van der Waals surface area contributed by atoms with E-state index in [0.717, 1.165) is 23.1 Å². The summed E-state index contributed by atoms with van der Waals surface area (Å²) in [4.78, 5) is 39.5. The summed E-state index contributed by atoms with van der Waals surface area (Å²) in [5.74, 6) is -3.85. The maximum absolute atomic E-state index is 14.5. The van der Waals surface area contributed by atoms with Gasteiger partial charge in [-0.1, -0.05) is 17.7 Å². The molecule has 8 nitrogen and oxygen atoms in total. The Bertz CT molecular complexity index is 1270. The number of nitrogens with zero attached hydrogens (tertiary/aromatic N) is 1. The van der Waals surface area contributed by atoms with Crippen molar-refractivity contribution < 1.29 is 45.8 Å². The molecular weight excluding hydrogens is 565 g/mol. The van der Waals surface area contributed by atoms with Crippen LogP contribution < -0.4 is 15.4 Å². The van der Waals surface area contributed by atoms with Crippen LogP contribution in [-0.2, 0) is 20.5 Å². The van der Waals surface area contributed by atoms with Gasteiger partial charge in [0, 0.05) is 18.7 Å². The van der Waals surface area contributed by atoms with Crippen molar-refractivity contribution in [3.05, 3.63) is 58.6 Å². The van der Waals surface area contributed by atoms with Gasteiger partial charge in [-0.05, 0) is 57.9 Å². The van der Waals surface area contributed by atoms with Crippen molar-refractivity contribution >= 4 is 35.2 Å². The highest BCUT2D eigenvalue weighted by atomic mass is 35.5. The van der Waals surface area contributed by atoms with Crippen LogP contribution in [0.5, 0.6) is 5.75 Å². The Balaban J connectivity index is 1.71. The van der Waals surface area contributed by atoms with Crippen molar-refractivity contribution in [2.75, 3.05) is 18.5 Å². The van der Waals surface area contributed by atoms with Gasteiger partial charge in [-0.3, -0.25) is 14.5 Å². The van der Waals surface area contributed by atoms with Gasteiger partial charge in [0.05, 0.1) is 16.3 Å². The maximum atomic E-state index is 14.5. The number of hydrogen-bond donors (Lipinski definition) is 2. The quantitative estimate of drug-likeness (QED) is 0.430. The van der Waals surface area contributed by atoms with Crippen molar-refractivity contribution in [3.8, 4) is 5.75 Å². The first kappa shape index (κ1) is 30.9. The predicted molar refractivity (Wildman–Crippen MR) is 135 cm³/mol. The third-order valence-electron chi connectivity index (χ3n) is 5.70. The minimum atomic E-state index is -4.98. The van der Waals surface area contributed by atoms with Crippen LogP contribution in [0.2, 0.25) is 5.02 Å². The zero-order valence-electron chi connectivity index (χ0n) is 21.7. The third-order valence-corrected chi connectivity index (χ3v) is 6.01. The van der Waals surface area contributed by atoms with E-state index < -0.39 is 71.3 Å². The minimum Gasteiger partial charge on any atom is -0.484 e. The van der Waals surface area contributed by atoms with Gasteiger partial charge in [-0.25, -0.2) is 13.6 Å². The zero-order valence-corrected chi connectivity index (χ0v) is 22.5. The number of nitrogens with one attached hydrogen (secondary N) is 2. The van der Waals surface area contributed by atoms with Gasteiger partial charge in [0.1, 0.15) is 23.2 Å². The van der Waals surface area contributed by atoms with Crippen molar-refractivity contribution in [1.29, 1.82) is 0 Å². The Hall–Kier alpha value is -3.61. The fourth-order valence-electron chi connectivity index (χ4n) is 3.93. The summed E-state index contributed by atoms with van der Waals surface area (Å²) < 4.78 is 78.0. The molecule has 2 aromatic carbocycles. The monoisotopic (exact) mass is 591 g/mol. The Labute approximate surface area is 231 Å². The molecule has 0 aliphatic carbocycles. The molecule has 2 atom stereocenters. The Morgan fingerprint density at radius 3 is 2.40 bits per heavy atom. The van der Waals surface area contributed by atoms with E-state index in [9.17, 15) is 36.3 Å². The number of hydrogen-bond acceptors (Lipinski definition) is 5. The van der Waals surface area contributed by atoms with E-state index in [1.54, 1.807) is 20.8 Å². The molecule has 2 aromatic rings. The second kappa shape index (κ2) is 12.3. The van der Waals surface area contributed by atoms with Crippen molar-refractivity contribution in [3.63, 3.8) is 0 Å². The summed E-state index contributed by atoms with van der Waals surface area (Å²) >= 11 is 5.62. The number of benzene rings is 2. The highest BCUT2D eigenvalue weighted by molar-refractivity contribution is 6.30. The Kier molecular flexibility index (Phi) is 9.49. The van der Waals surface area contributed by atoms with Gasteiger partial charge in [-0.15, -0.1) is 0 Å². The molecule has 3 rings (SSSR count).